The van der Waals surface area contributed by atoms with Crippen LogP contribution in [0.3, 0.4) is 0 Å². The lowest BCUT2D eigenvalue weighted by molar-refractivity contribution is -0.137. The van der Waals surface area contributed by atoms with Gasteiger partial charge in [0.2, 0.25) is 5.91 Å². The van der Waals surface area contributed by atoms with Crippen LogP contribution in [0, 0.1) is 5.92 Å². The van der Waals surface area contributed by atoms with Crippen molar-refractivity contribution in [1.82, 2.24) is 10.2 Å². The van der Waals surface area contributed by atoms with Gasteiger partial charge in [-0.3, -0.25) is 4.79 Å². The Morgan fingerprint density at radius 1 is 1.37 bits per heavy atom. The van der Waals surface area contributed by atoms with E-state index in [-0.39, 0.29) is 5.92 Å². The van der Waals surface area contributed by atoms with Crippen LogP contribution in [0.5, 0.6) is 0 Å². The van der Waals surface area contributed by atoms with E-state index < -0.39 is 0 Å². The van der Waals surface area contributed by atoms with Crippen LogP contribution in [-0.2, 0) is 11.3 Å². The van der Waals surface area contributed by atoms with Gasteiger partial charge in [0, 0.05) is 24.7 Å². The van der Waals surface area contributed by atoms with Crippen molar-refractivity contribution in [3.8, 4) is 0 Å². The molecule has 3 heterocycles. The molecular formula is C15H20N2OS. The monoisotopic (exact) mass is 276 g/mol. The number of rotatable bonds is 4. The lowest BCUT2D eigenvalue weighted by atomic mass is 9.88. The van der Waals surface area contributed by atoms with Crippen LogP contribution in [0.15, 0.2) is 16.8 Å². The van der Waals surface area contributed by atoms with Crippen molar-refractivity contribution < 1.29 is 4.79 Å². The molecule has 2 bridgehead atoms. The third-order valence-corrected chi connectivity index (χ3v) is 5.55. The van der Waals surface area contributed by atoms with Crippen LogP contribution in [0.2, 0.25) is 0 Å². The van der Waals surface area contributed by atoms with E-state index in [0.717, 1.165) is 13.0 Å². The zero-order valence-corrected chi connectivity index (χ0v) is 11.9. The Hall–Kier alpha value is -0.870. The molecule has 19 heavy (non-hydrogen) atoms. The van der Waals surface area contributed by atoms with E-state index in [1.807, 2.05) is 0 Å². The lowest BCUT2D eigenvalue weighted by Crippen LogP contribution is -2.41. The van der Waals surface area contributed by atoms with Gasteiger partial charge in [0.25, 0.3) is 0 Å². The highest BCUT2D eigenvalue weighted by Crippen LogP contribution is 2.37. The predicted octanol–water partition coefficient (Wildman–Crippen LogP) is 2.38. The van der Waals surface area contributed by atoms with E-state index in [1.54, 1.807) is 11.3 Å². The van der Waals surface area contributed by atoms with Crippen molar-refractivity contribution in [1.29, 1.82) is 0 Å². The number of hydrogen-bond donors (Lipinski definition) is 1. The Kier molecular flexibility index (Phi) is 2.88. The van der Waals surface area contributed by atoms with Crippen molar-refractivity contribution in [2.24, 2.45) is 5.92 Å². The zero-order valence-electron chi connectivity index (χ0n) is 11.0. The third-order valence-electron chi connectivity index (χ3n) is 4.82. The van der Waals surface area contributed by atoms with Gasteiger partial charge in [-0.1, -0.05) is 0 Å². The summed E-state index contributed by atoms with van der Waals surface area (Å²) >= 11 is 1.72. The molecule has 1 aliphatic carbocycles. The van der Waals surface area contributed by atoms with Gasteiger partial charge in [-0.25, -0.2) is 0 Å². The topological polar surface area (TPSA) is 32.3 Å². The Morgan fingerprint density at radius 2 is 2.26 bits per heavy atom. The third kappa shape index (κ3) is 2.21. The summed E-state index contributed by atoms with van der Waals surface area (Å²) in [6, 6.07) is 3.74. The van der Waals surface area contributed by atoms with Crippen molar-refractivity contribution in [3.05, 3.63) is 22.4 Å². The van der Waals surface area contributed by atoms with Crippen LogP contribution in [0.4, 0.5) is 0 Å². The molecule has 1 N–H and O–H groups in total. The Balaban J connectivity index is 1.49. The van der Waals surface area contributed by atoms with Gasteiger partial charge in [-0.15, -0.1) is 0 Å². The first-order valence-electron chi connectivity index (χ1n) is 7.39. The largest absolute Gasteiger partial charge is 0.335 e. The molecule has 3 atom stereocenters. The summed E-state index contributed by atoms with van der Waals surface area (Å²) in [6.45, 7) is 0.820. The number of carbonyl (C=O) groups excluding carboxylic acids is 1. The van der Waals surface area contributed by atoms with Crippen molar-refractivity contribution in [2.45, 2.75) is 56.8 Å². The molecule has 3 aliphatic rings. The molecule has 1 aromatic rings. The minimum atomic E-state index is 0.248. The highest BCUT2D eigenvalue weighted by Gasteiger charge is 2.46. The van der Waals surface area contributed by atoms with Crippen LogP contribution < -0.4 is 5.32 Å². The number of carbonyl (C=O) groups is 1. The summed E-state index contributed by atoms with van der Waals surface area (Å²) in [5, 5.41) is 7.86. The van der Waals surface area contributed by atoms with Gasteiger partial charge in [0.1, 0.15) is 0 Å². The molecule has 1 amide bonds. The highest BCUT2D eigenvalue weighted by atomic mass is 32.1. The molecular weight excluding hydrogens is 256 g/mol. The van der Waals surface area contributed by atoms with Gasteiger partial charge >= 0.3 is 0 Å². The highest BCUT2D eigenvalue weighted by molar-refractivity contribution is 7.07. The SMILES string of the molecule is O=C(C1CC2CCC1N2)N(Cc1ccsc1)C1CC1. The van der Waals surface area contributed by atoms with Crippen LogP contribution in [-0.4, -0.2) is 28.9 Å². The smallest absolute Gasteiger partial charge is 0.227 e. The van der Waals surface area contributed by atoms with Gasteiger partial charge < -0.3 is 10.2 Å². The number of thiophene rings is 1. The minimum absolute atomic E-state index is 0.248. The number of hydrogen-bond acceptors (Lipinski definition) is 3. The van der Waals surface area contributed by atoms with Crippen molar-refractivity contribution in [3.63, 3.8) is 0 Å². The molecule has 102 valence electrons. The standard InChI is InChI=1S/C15H20N2OS/c18-15(13-7-11-1-4-14(13)16-11)17(12-2-3-12)8-10-5-6-19-9-10/h5-6,9,11-14,16H,1-4,7-8H2. The van der Waals surface area contributed by atoms with Crippen molar-refractivity contribution in [2.75, 3.05) is 0 Å². The molecule has 2 saturated heterocycles. The van der Waals surface area contributed by atoms with Gasteiger partial charge in [-0.05, 0) is 54.5 Å². The summed E-state index contributed by atoms with van der Waals surface area (Å²) in [4.78, 5) is 15.0. The number of amides is 1. The molecule has 3 unspecified atom stereocenters. The Bertz CT molecular complexity index is 468. The Labute approximate surface area is 118 Å². The number of nitrogens with one attached hydrogen (secondary N) is 1. The first-order chi connectivity index (χ1) is 9.31. The van der Waals surface area contributed by atoms with E-state index in [1.165, 1.54) is 31.2 Å². The van der Waals surface area contributed by atoms with Crippen LogP contribution >= 0.6 is 11.3 Å². The zero-order chi connectivity index (χ0) is 12.8. The summed E-state index contributed by atoms with van der Waals surface area (Å²) in [5.41, 5.74) is 1.29. The second-order valence-corrected chi connectivity index (χ2v) is 7.00. The Morgan fingerprint density at radius 3 is 2.84 bits per heavy atom. The van der Waals surface area contributed by atoms with Crippen LogP contribution in [0.25, 0.3) is 0 Å². The molecule has 2 aliphatic heterocycles. The summed E-state index contributed by atoms with van der Waals surface area (Å²) in [5.74, 6) is 0.659. The van der Waals surface area contributed by atoms with Gasteiger partial charge in [0.15, 0.2) is 0 Å². The van der Waals surface area contributed by atoms with E-state index in [9.17, 15) is 4.79 Å². The molecule has 1 saturated carbocycles. The molecule has 0 aromatic carbocycles. The number of nitrogens with zero attached hydrogens (tertiary/aromatic N) is 1. The van der Waals surface area contributed by atoms with E-state index in [2.05, 4.69) is 27.0 Å². The molecule has 1 aromatic heterocycles. The average Bonchev–Trinajstić information content (AvgIpc) is 2.86. The average molecular weight is 276 g/mol. The van der Waals surface area contributed by atoms with Crippen LogP contribution in [0.1, 0.15) is 37.7 Å². The fourth-order valence-electron chi connectivity index (χ4n) is 3.66. The maximum Gasteiger partial charge on any atom is 0.227 e. The quantitative estimate of drug-likeness (QED) is 0.916. The second-order valence-electron chi connectivity index (χ2n) is 6.22. The molecule has 3 fully saturated rings. The van der Waals surface area contributed by atoms with Crippen molar-refractivity contribution >= 4 is 17.2 Å². The van der Waals surface area contributed by atoms with E-state index >= 15 is 0 Å². The molecule has 0 radical (unpaired) electrons. The normalized spacial score (nSPS) is 32.7. The minimum Gasteiger partial charge on any atom is -0.335 e. The first kappa shape index (κ1) is 11.9. The molecule has 3 nitrogen and oxygen atoms in total. The van der Waals surface area contributed by atoms with Gasteiger partial charge in [-0.2, -0.15) is 11.3 Å². The molecule has 0 spiro atoms. The first-order valence-corrected chi connectivity index (χ1v) is 8.33. The lowest BCUT2D eigenvalue weighted by Gasteiger charge is -2.28. The van der Waals surface area contributed by atoms with E-state index in [4.69, 9.17) is 0 Å². The van der Waals surface area contributed by atoms with Gasteiger partial charge in [0.05, 0.1) is 5.92 Å². The molecule has 4 heteroatoms. The van der Waals surface area contributed by atoms with E-state index in [0.29, 0.717) is 24.0 Å². The second kappa shape index (κ2) is 4.60. The summed E-state index contributed by atoms with van der Waals surface area (Å²) in [7, 11) is 0. The fraction of sp³-hybridized carbons (Fsp3) is 0.667. The fourth-order valence-corrected chi connectivity index (χ4v) is 4.32. The summed E-state index contributed by atoms with van der Waals surface area (Å²) in [6.07, 6.45) is 5.92. The summed E-state index contributed by atoms with van der Waals surface area (Å²) < 4.78 is 0. The number of fused-ring (bicyclic) bond motifs is 2. The predicted molar refractivity (Wildman–Crippen MR) is 75.9 cm³/mol. The maximum atomic E-state index is 12.8. The molecule has 4 rings (SSSR count). The maximum absolute atomic E-state index is 12.8.